The second-order valence-corrected chi connectivity index (χ2v) is 4.65. The van der Waals surface area contributed by atoms with Gasteiger partial charge in [-0.15, -0.1) is 0 Å². The van der Waals surface area contributed by atoms with Gasteiger partial charge in [-0.1, -0.05) is 18.2 Å². The third-order valence-electron chi connectivity index (χ3n) is 2.75. The molecular weight excluding hydrogens is 238 g/mol. The van der Waals surface area contributed by atoms with Crippen molar-refractivity contribution in [3.05, 3.63) is 36.7 Å². The van der Waals surface area contributed by atoms with E-state index in [0.717, 1.165) is 5.69 Å². The van der Waals surface area contributed by atoms with Crippen LogP contribution in [-0.2, 0) is 0 Å². The van der Waals surface area contributed by atoms with Crippen LogP contribution in [-0.4, -0.2) is 23.1 Å². The summed E-state index contributed by atoms with van der Waals surface area (Å²) in [6.07, 6.45) is 1.52. The first-order valence-corrected chi connectivity index (χ1v) is 6.25. The lowest BCUT2D eigenvalue weighted by molar-refractivity contribution is 0.886. The van der Waals surface area contributed by atoms with E-state index in [1.807, 2.05) is 56.1 Å². The van der Waals surface area contributed by atoms with Gasteiger partial charge in [0, 0.05) is 18.8 Å². The minimum atomic E-state index is 0.270. The number of nitrogens with one attached hydrogen (secondary N) is 1. The lowest BCUT2D eigenvalue weighted by Crippen LogP contribution is -2.18. The van der Waals surface area contributed by atoms with Gasteiger partial charge >= 0.3 is 0 Å². The summed E-state index contributed by atoms with van der Waals surface area (Å²) in [5.41, 5.74) is 7.73. The van der Waals surface area contributed by atoms with Crippen LogP contribution in [0.4, 0.5) is 23.0 Å². The van der Waals surface area contributed by atoms with Gasteiger partial charge in [-0.05, 0) is 26.0 Å². The Morgan fingerprint density at radius 2 is 1.84 bits per heavy atom. The third-order valence-corrected chi connectivity index (χ3v) is 2.75. The molecule has 100 valence electrons. The van der Waals surface area contributed by atoms with Crippen LogP contribution in [0.1, 0.15) is 13.8 Å². The van der Waals surface area contributed by atoms with Crippen LogP contribution in [0, 0.1) is 0 Å². The number of hydrogen-bond donors (Lipinski definition) is 2. The molecule has 3 N–H and O–H groups in total. The number of rotatable bonds is 4. The number of hydrogen-bond acceptors (Lipinski definition) is 5. The maximum atomic E-state index is 6.14. The van der Waals surface area contributed by atoms with Crippen LogP contribution in [0.5, 0.6) is 0 Å². The fourth-order valence-electron chi connectivity index (χ4n) is 1.82. The van der Waals surface area contributed by atoms with E-state index in [1.54, 1.807) is 0 Å². The Balaban J connectivity index is 2.35. The summed E-state index contributed by atoms with van der Waals surface area (Å²) < 4.78 is 0. The van der Waals surface area contributed by atoms with Crippen LogP contribution in [0.3, 0.4) is 0 Å². The van der Waals surface area contributed by atoms with Crippen molar-refractivity contribution in [3.8, 4) is 0 Å². The number of nitrogens with zero attached hydrogens (tertiary/aromatic N) is 3. The first kappa shape index (κ1) is 13.1. The average molecular weight is 257 g/mol. The maximum Gasteiger partial charge on any atom is 0.161 e. The van der Waals surface area contributed by atoms with Crippen molar-refractivity contribution in [1.29, 1.82) is 0 Å². The van der Waals surface area contributed by atoms with Crippen molar-refractivity contribution in [2.24, 2.45) is 0 Å². The molecule has 0 aliphatic heterocycles. The van der Waals surface area contributed by atoms with Gasteiger partial charge < -0.3 is 16.0 Å². The number of nitrogens with two attached hydrogens (primary N) is 1. The van der Waals surface area contributed by atoms with Crippen molar-refractivity contribution >= 4 is 23.0 Å². The summed E-state index contributed by atoms with van der Waals surface area (Å²) in [5.74, 6) is 1.37. The minimum Gasteiger partial charge on any atom is -0.393 e. The Labute approximate surface area is 113 Å². The summed E-state index contributed by atoms with van der Waals surface area (Å²) in [7, 11) is 1.94. The molecule has 0 bridgehead atoms. The monoisotopic (exact) mass is 257 g/mol. The topological polar surface area (TPSA) is 67.1 Å². The normalized spacial score (nSPS) is 10.5. The maximum absolute atomic E-state index is 6.14. The van der Waals surface area contributed by atoms with Crippen LogP contribution in [0.15, 0.2) is 36.7 Å². The fraction of sp³-hybridized carbons (Fsp3) is 0.286. The Kier molecular flexibility index (Phi) is 3.85. The van der Waals surface area contributed by atoms with E-state index in [1.165, 1.54) is 6.33 Å². The largest absolute Gasteiger partial charge is 0.393 e. The molecule has 1 heterocycles. The molecule has 0 saturated carbocycles. The second-order valence-electron chi connectivity index (χ2n) is 4.65. The van der Waals surface area contributed by atoms with Crippen LogP contribution in [0.2, 0.25) is 0 Å². The molecule has 0 aliphatic carbocycles. The van der Waals surface area contributed by atoms with Gasteiger partial charge in [-0.25, -0.2) is 9.97 Å². The Bertz CT molecular complexity index is 539. The quantitative estimate of drug-likeness (QED) is 0.881. The summed E-state index contributed by atoms with van der Waals surface area (Å²) in [5, 5.41) is 3.22. The first-order valence-electron chi connectivity index (χ1n) is 6.25. The molecule has 5 heteroatoms. The standard InChI is InChI=1S/C14H19N5/c1-10(2)18-13-12(15)14(17-9-16-13)19(3)11-7-5-4-6-8-11/h4-10H,15H2,1-3H3,(H,16,17,18). The second kappa shape index (κ2) is 5.56. The van der Waals surface area contributed by atoms with Crippen LogP contribution < -0.4 is 16.0 Å². The van der Waals surface area contributed by atoms with E-state index < -0.39 is 0 Å². The van der Waals surface area contributed by atoms with Crippen LogP contribution >= 0.6 is 0 Å². The Morgan fingerprint density at radius 3 is 2.47 bits per heavy atom. The number of para-hydroxylation sites is 1. The lowest BCUT2D eigenvalue weighted by atomic mass is 10.3. The Hall–Kier alpha value is -2.30. The van der Waals surface area contributed by atoms with Gasteiger partial charge in [0.2, 0.25) is 0 Å². The predicted octanol–water partition coefficient (Wildman–Crippen LogP) is 2.65. The number of nitrogen functional groups attached to an aromatic ring is 1. The first-order chi connectivity index (χ1) is 9.09. The highest BCUT2D eigenvalue weighted by molar-refractivity contribution is 5.78. The molecule has 0 aliphatic rings. The van der Waals surface area contributed by atoms with Gasteiger partial charge in [-0.3, -0.25) is 0 Å². The summed E-state index contributed by atoms with van der Waals surface area (Å²) >= 11 is 0. The zero-order chi connectivity index (χ0) is 13.8. The van der Waals surface area contributed by atoms with Crippen molar-refractivity contribution in [1.82, 2.24) is 9.97 Å². The zero-order valence-electron chi connectivity index (χ0n) is 11.5. The molecule has 0 radical (unpaired) electrons. The molecule has 1 aromatic carbocycles. The predicted molar refractivity (Wildman–Crippen MR) is 79.7 cm³/mol. The summed E-state index contributed by atoms with van der Waals surface area (Å²) in [4.78, 5) is 10.4. The molecule has 0 amide bonds. The smallest absolute Gasteiger partial charge is 0.161 e. The van der Waals surface area contributed by atoms with E-state index in [4.69, 9.17) is 5.73 Å². The highest BCUT2D eigenvalue weighted by atomic mass is 15.2. The molecule has 1 aromatic heterocycles. The van der Waals surface area contributed by atoms with E-state index in [9.17, 15) is 0 Å². The van der Waals surface area contributed by atoms with Gasteiger partial charge in [0.1, 0.15) is 12.0 Å². The third kappa shape index (κ3) is 2.93. The van der Waals surface area contributed by atoms with E-state index in [-0.39, 0.29) is 6.04 Å². The molecule has 19 heavy (non-hydrogen) atoms. The zero-order valence-corrected chi connectivity index (χ0v) is 11.5. The molecule has 2 rings (SSSR count). The van der Waals surface area contributed by atoms with Gasteiger partial charge in [0.25, 0.3) is 0 Å². The minimum absolute atomic E-state index is 0.270. The SMILES string of the molecule is CC(C)Nc1ncnc(N(C)c2ccccc2)c1N. The molecule has 0 saturated heterocycles. The molecule has 5 nitrogen and oxygen atoms in total. The van der Waals surface area contributed by atoms with E-state index in [2.05, 4.69) is 15.3 Å². The Morgan fingerprint density at radius 1 is 1.16 bits per heavy atom. The number of benzene rings is 1. The highest BCUT2D eigenvalue weighted by Crippen LogP contribution is 2.30. The van der Waals surface area contributed by atoms with Gasteiger partial charge in [0.05, 0.1) is 0 Å². The summed E-state index contributed by atoms with van der Waals surface area (Å²) in [6.45, 7) is 4.09. The highest BCUT2D eigenvalue weighted by Gasteiger charge is 2.13. The molecule has 2 aromatic rings. The average Bonchev–Trinajstić information content (AvgIpc) is 2.41. The van der Waals surface area contributed by atoms with Crippen molar-refractivity contribution in [3.63, 3.8) is 0 Å². The van der Waals surface area contributed by atoms with Crippen molar-refractivity contribution in [2.75, 3.05) is 23.0 Å². The molecule has 0 atom stereocenters. The lowest BCUT2D eigenvalue weighted by Gasteiger charge is -2.21. The van der Waals surface area contributed by atoms with Crippen LogP contribution in [0.25, 0.3) is 0 Å². The van der Waals surface area contributed by atoms with E-state index >= 15 is 0 Å². The number of aromatic nitrogens is 2. The van der Waals surface area contributed by atoms with E-state index in [0.29, 0.717) is 17.3 Å². The van der Waals surface area contributed by atoms with Gasteiger partial charge in [0.15, 0.2) is 11.6 Å². The molecule has 0 unspecified atom stereocenters. The van der Waals surface area contributed by atoms with Gasteiger partial charge in [-0.2, -0.15) is 0 Å². The van der Waals surface area contributed by atoms with Crippen molar-refractivity contribution < 1.29 is 0 Å². The molecule has 0 spiro atoms. The molecular formula is C14H19N5. The molecule has 0 fully saturated rings. The number of anilines is 4. The van der Waals surface area contributed by atoms with Crippen molar-refractivity contribution in [2.45, 2.75) is 19.9 Å². The summed E-state index contributed by atoms with van der Waals surface area (Å²) in [6, 6.07) is 10.2. The fourth-order valence-corrected chi connectivity index (χ4v) is 1.82.